The van der Waals surface area contributed by atoms with Crippen LogP contribution < -0.4 is 5.32 Å². The molecule has 16 heavy (non-hydrogen) atoms. The highest BCUT2D eigenvalue weighted by Gasteiger charge is 2.17. The molecule has 1 aromatic rings. The highest BCUT2D eigenvalue weighted by Crippen LogP contribution is 2.11. The van der Waals surface area contributed by atoms with Gasteiger partial charge in [0.1, 0.15) is 11.4 Å². The maximum Gasteiger partial charge on any atom is 0.413 e. The number of aldehydes is 1. The van der Waals surface area contributed by atoms with Crippen molar-refractivity contribution in [3.8, 4) is 0 Å². The van der Waals surface area contributed by atoms with E-state index in [1.165, 1.54) is 10.8 Å². The van der Waals surface area contributed by atoms with Crippen molar-refractivity contribution in [3.63, 3.8) is 0 Å². The van der Waals surface area contributed by atoms with Crippen LogP contribution in [-0.2, 0) is 11.8 Å². The van der Waals surface area contributed by atoms with E-state index in [0.29, 0.717) is 12.1 Å². The molecule has 0 saturated carbocycles. The lowest BCUT2D eigenvalue weighted by atomic mass is 10.2. The van der Waals surface area contributed by atoms with Gasteiger partial charge in [0.05, 0.1) is 6.20 Å². The Labute approximate surface area is 93.6 Å². The molecule has 0 bridgehead atoms. The number of amides is 1. The molecule has 0 spiro atoms. The van der Waals surface area contributed by atoms with Crippen LogP contribution in [0.2, 0.25) is 0 Å². The number of nitrogens with zero attached hydrogens (tertiary/aromatic N) is 2. The van der Waals surface area contributed by atoms with Gasteiger partial charge >= 0.3 is 6.09 Å². The van der Waals surface area contributed by atoms with Crippen LogP contribution >= 0.6 is 0 Å². The molecule has 1 N–H and O–H groups in total. The molecule has 1 rings (SSSR count). The van der Waals surface area contributed by atoms with E-state index in [-0.39, 0.29) is 5.82 Å². The second-order valence-electron chi connectivity index (χ2n) is 4.31. The van der Waals surface area contributed by atoms with Crippen LogP contribution in [0.3, 0.4) is 0 Å². The summed E-state index contributed by atoms with van der Waals surface area (Å²) >= 11 is 0. The van der Waals surface area contributed by atoms with Gasteiger partial charge in [0.15, 0.2) is 12.1 Å². The van der Waals surface area contributed by atoms with Gasteiger partial charge in [0, 0.05) is 7.05 Å². The monoisotopic (exact) mass is 225 g/mol. The number of hydrogen-bond acceptors (Lipinski definition) is 4. The Hall–Kier alpha value is -1.85. The van der Waals surface area contributed by atoms with Crippen molar-refractivity contribution in [3.05, 3.63) is 12.0 Å². The first-order valence-electron chi connectivity index (χ1n) is 4.80. The van der Waals surface area contributed by atoms with Gasteiger partial charge in [-0.05, 0) is 20.8 Å². The number of imidazole rings is 1. The molecule has 6 nitrogen and oxygen atoms in total. The largest absolute Gasteiger partial charge is 0.444 e. The number of rotatable bonds is 2. The van der Waals surface area contributed by atoms with Crippen LogP contribution in [0.1, 0.15) is 31.4 Å². The molecule has 0 aromatic carbocycles. The smallest absolute Gasteiger partial charge is 0.413 e. The molecule has 1 aromatic heterocycles. The van der Waals surface area contributed by atoms with Crippen molar-refractivity contribution in [1.29, 1.82) is 0 Å². The van der Waals surface area contributed by atoms with Gasteiger partial charge in [0.2, 0.25) is 0 Å². The van der Waals surface area contributed by atoms with Crippen molar-refractivity contribution >= 4 is 18.2 Å². The standard InChI is InChI=1S/C10H15N3O3/c1-10(2,3)16-9(15)12-7-5-11-8(6-14)13(7)4/h5-6H,1-4H3,(H,12,15). The zero-order chi connectivity index (χ0) is 12.3. The lowest BCUT2D eigenvalue weighted by Gasteiger charge is -2.19. The minimum Gasteiger partial charge on any atom is -0.444 e. The number of carbonyl (C=O) groups is 2. The second-order valence-corrected chi connectivity index (χ2v) is 4.31. The molecule has 88 valence electrons. The van der Waals surface area contributed by atoms with E-state index in [1.54, 1.807) is 27.8 Å². The van der Waals surface area contributed by atoms with Crippen LogP contribution in [0.25, 0.3) is 0 Å². The van der Waals surface area contributed by atoms with Gasteiger partial charge < -0.3 is 9.30 Å². The Morgan fingerprint density at radius 2 is 2.19 bits per heavy atom. The molecular formula is C10H15N3O3. The van der Waals surface area contributed by atoms with Crippen LogP contribution in [0.4, 0.5) is 10.6 Å². The van der Waals surface area contributed by atoms with E-state index in [1.807, 2.05) is 0 Å². The average Bonchev–Trinajstić information content (AvgIpc) is 2.44. The van der Waals surface area contributed by atoms with E-state index >= 15 is 0 Å². The molecule has 0 unspecified atom stereocenters. The maximum atomic E-state index is 11.4. The SMILES string of the molecule is Cn1c(NC(=O)OC(C)(C)C)cnc1C=O. The average molecular weight is 225 g/mol. The minimum atomic E-state index is -0.576. The number of anilines is 1. The third-order valence-electron chi connectivity index (χ3n) is 1.76. The zero-order valence-electron chi connectivity index (χ0n) is 9.77. The van der Waals surface area contributed by atoms with Crippen molar-refractivity contribution in [1.82, 2.24) is 9.55 Å². The molecule has 1 heterocycles. The fourth-order valence-corrected chi connectivity index (χ4v) is 1.06. The van der Waals surface area contributed by atoms with Crippen LogP contribution in [0, 0.1) is 0 Å². The summed E-state index contributed by atoms with van der Waals surface area (Å²) in [7, 11) is 1.63. The highest BCUT2D eigenvalue weighted by atomic mass is 16.6. The van der Waals surface area contributed by atoms with E-state index in [0.717, 1.165) is 0 Å². The molecule has 6 heteroatoms. The summed E-state index contributed by atoms with van der Waals surface area (Å²) < 4.78 is 6.53. The first kappa shape index (κ1) is 12.2. The fraction of sp³-hybridized carbons (Fsp3) is 0.500. The first-order valence-corrected chi connectivity index (χ1v) is 4.80. The Balaban J connectivity index is 2.70. The third-order valence-corrected chi connectivity index (χ3v) is 1.76. The minimum absolute atomic E-state index is 0.242. The van der Waals surface area contributed by atoms with Crippen molar-refractivity contribution in [2.24, 2.45) is 7.05 Å². The maximum absolute atomic E-state index is 11.4. The fourth-order valence-electron chi connectivity index (χ4n) is 1.06. The van der Waals surface area contributed by atoms with Gasteiger partial charge in [0.25, 0.3) is 0 Å². The molecule has 0 radical (unpaired) electrons. The molecule has 0 atom stereocenters. The third kappa shape index (κ3) is 3.08. The summed E-state index contributed by atoms with van der Waals surface area (Å²) in [5, 5.41) is 2.50. The highest BCUT2D eigenvalue weighted by molar-refractivity contribution is 5.84. The molecular weight excluding hydrogens is 210 g/mol. The number of aromatic nitrogens is 2. The Bertz CT molecular complexity index is 404. The molecule has 0 aliphatic heterocycles. The molecule has 0 fully saturated rings. The quantitative estimate of drug-likeness (QED) is 0.775. The lowest BCUT2D eigenvalue weighted by Crippen LogP contribution is -2.27. The van der Waals surface area contributed by atoms with E-state index in [4.69, 9.17) is 4.74 Å². The van der Waals surface area contributed by atoms with Crippen molar-refractivity contribution < 1.29 is 14.3 Å². The van der Waals surface area contributed by atoms with Crippen LogP contribution in [0.5, 0.6) is 0 Å². The molecule has 0 saturated heterocycles. The normalized spacial score (nSPS) is 11.0. The van der Waals surface area contributed by atoms with E-state index in [2.05, 4.69) is 10.3 Å². The lowest BCUT2D eigenvalue weighted by molar-refractivity contribution is 0.0634. The Morgan fingerprint density at radius 1 is 1.56 bits per heavy atom. The Morgan fingerprint density at radius 3 is 2.62 bits per heavy atom. The topological polar surface area (TPSA) is 73.2 Å². The summed E-state index contributed by atoms with van der Waals surface area (Å²) in [5.74, 6) is 0.655. The molecule has 0 aliphatic carbocycles. The predicted molar refractivity (Wildman–Crippen MR) is 58.5 cm³/mol. The van der Waals surface area contributed by atoms with Gasteiger partial charge in [-0.25, -0.2) is 9.78 Å². The number of ether oxygens (including phenoxy) is 1. The summed E-state index contributed by atoms with van der Waals surface area (Å²) in [4.78, 5) is 25.8. The number of carbonyl (C=O) groups excluding carboxylic acids is 2. The van der Waals surface area contributed by atoms with Crippen molar-refractivity contribution in [2.45, 2.75) is 26.4 Å². The van der Waals surface area contributed by atoms with Gasteiger partial charge in [-0.2, -0.15) is 0 Å². The van der Waals surface area contributed by atoms with E-state index < -0.39 is 11.7 Å². The van der Waals surface area contributed by atoms with Crippen LogP contribution in [0.15, 0.2) is 6.20 Å². The summed E-state index contributed by atoms with van der Waals surface area (Å²) in [5.41, 5.74) is -0.559. The van der Waals surface area contributed by atoms with E-state index in [9.17, 15) is 9.59 Å². The van der Waals surface area contributed by atoms with Gasteiger partial charge in [-0.15, -0.1) is 0 Å². The van der Waals surface area contributed by atoms with Gasteiger partial charge in [-0.3, -0.25) is 10.1 Å². The Kier molecular flexibility index (Phi) is 3.31. The van der Waals surface area contributed by atoms with Crippen LogP contribution in [-0.4, -0.2) is 27.5 Å². The second kappa shape index (κ2) is 4.34. The van der Waals surface area contributed by atoms with Crippen molar-refractivity contribution in [2.75, 3.05) is 5.32 Å². The summed E-state index contributed by atoms with van der Waals surface area (Å²) in [6, 6.07) is 0. The summed E-state index contributed by atoms with van der Waals surface area (Å²) in [6.07, 6.45) is 1.43. The number of hydrogen-bond donors (Lipinski definition) is 1. The zero-order valence-corrected chi connectivity index (χ0v) is 9.77. The first-order chi connectivity index (χ1) is 7.33. The summed E-state index contributed by atoms with van der Waals surface area (Å²) in [6.45, 7) is 5.31. The predicted octanol–water partition coefficient (Wildman–Crippen LogP) is 1.58. The molecule has 0 aliphatic rings. The van der Waals surface area contributed by atoms with Gasteiger partial charge in [-0.1, -0.05) is 0 Å². The number of nitrogens with one attached hydrogen (secondary N) is 1. The molecule has 1 amide bonds.